The number of hydrogen-bond donors (Lipinski definition) is 2. The standard InChI is InChI=1S/C26H35N5O2/c1-5-7-22-23(26(32)27-15-19-9-8-17(3)18(4)14-19)24(29-20-10-12-33-13-11-20)21-16-28-31(6-2)25(21)30-22/h8-9,14,16,20H,5-7,10-13,15H2,1-4H3,(H,27,32)(H,29,30). The van der Waals surface area contributed by atoms with E-state index in [1.165, 1.54) is 11.1 Å². The summed E-state index contributed by atoms with van der Waals surface area (Å²) in [5, 5.41) is 12.3. The molecule has 7 heteroatoms. The molecular weight excluding hydrogens is 414 g/mol. The van der Waals surface area contributed by atoms with Crippen LogP contribution in [0.3, 0.4) is 0 Å². The highest BCUT2D eigenvalue weighted by molar-refractivity contribution is 6.07. The van der Waals surface area contributed by atoms with Crippen molar-refractivity contribution in [2.75, 3.05) is 18.5 Å². The van der Waals surface area contributed by atoms with Crippen molar-refractivity contribution in [3.05, 3.63) is 52.3 Å². The lowest BCUT2D eigenvalue weighted by molar-refractivity contribution is 0.0903. The number of carbonyl (C=O) groups excluding carboxylic acids is 1. The summed E-state index contributed by atoms with van der Waals surface area (Å²) in [5.74, 6) is -0.0927. The molecule has 7 nitrogen and oxygen atoms in total. The second kappa shape index (κ2) is 10.3. The zero-order chi connectivity index (χ0) is 23.4. The Labute approximate surface area is 195 Å². The second-order valence-corrected chi connectivity index (χ2v) is 8.89. The molecule has 0 unspecified atom stereocenters. The van der Waals surface area contributed by atoms with Crippen LogP contribution in [0.1, 0.15) is 65.9 Å². The quantitative estimate of drug-likeness (QED) is 0.528. The fourth-order valence-electron chi connectivity index (χ4n) is 4.41. The van der Waals surface area contributed by atoms with E-state index >= 15 is 0 Å². The highest BCUT2D eigenvalue weighted by Crippen LogP contribution is 2.31. The van der Waals surface area contributed by atoms with E-state index in [-0.39, 0.29) is 11.9 Å². The van der Waals surface area contributed by atoms with Crippen LogP contribution in [0.5, 0.6) is 0 Å². The van der Waals surface area contributed by atoms with Crippen LogP contribution in [-0.2, 0) is 24.2 Å². The highest BCUT2D eigenvalue weighted by atomic mass is 16.5. The Morgan fingerprint density at radius 2 is 1.97 bits per heavy atom. The molecule has 0 bridgehead atoms. The second-order valence-electron chi connectivity index (χ2n) is 8.89. The van der Waals surface area contributed by atoms with Crippen molar-refractivity contribution in [3.63, 3.8) is 0 Å². The van der Waals surface area contributed by atoms with E-state index < -0.39 is 0 Å². The molecule has 0 spiro atoms. The van der Waals surface area contributed by atoms with Crippen molar-refractivity contribution < 1.29 is 9.53 Å². The molecule has 1 fully saturated rings. The van der Waals surface area contributed by atoms with Gasteiger partial charge < -0.3 is 15.4 Å². The van der Waals surface area contributed by atoms with Gasteiger partial charge in [0.15, 0.2) is 5.65 Å². The normalized spacial score (nSPS) is 14.5. The fourth-order valence-corrected chi connectivity index (χ4v) is 4.41. The lowest BCUT2D eigenvalue weighted by Crippen LogP contribution is -2.31. The number of rotatable bonds is 8. The van der Waals surface area contributed by atoms with E-state index in [9.17, 15) is 4.79 Å². The van der Waals surface area contributed by atoms with Crippen molar-refractivity contribution in [3.8, 4) is 0 Å². The number of nitrogens with zero attached hydrogens (tertiary/aromatic N) is 3. The van der Waals surface area contributed by atoms with E-state index in [4.69, 9.17) is 9.72 Å². The Morgan fingerprint density at radius 3 is 2.67 bits per heavy atom. The van der Waals surface area contributed by atoms with Gasteiger partial charge in [-0.05, 0) is 56.7 Å². The number of benzene rings is 1. The number of hydrogen-bond acceptors (Lipinski definition) is 5. The van der Waals surface area contributed by atoms with Crippen LogP contribution in [0.15, 0.2) is 24.4 Å². The van der Waals surface area contributed by atoms with Gasteiger partial charge in [0.25, 0.3) is 5.91 Å². The first-order valence-corrected chi connectivity index (χ1v) is 12.1. The molecular formula is C26H35N5O2. The molecule has 1 amide bonds. The van der Waals surface area contributed by atoms with Crippen LogP contribution in [0.4, 0.5) is 5.69 Å². The Kier molecular flexibility index (Phi) is 7.28. The molecule has 0 saturated carbocycles. The van der Waals surface area contributed by atoms with Gasteiger partial charge in [-0.25, -0.2) is 9.67 Å². The molecule has 1 saturated heterocycles. The van der Waals surface area contributed by atoms with Gasteiger partial charge in [0.05, 0.1) is 28.5 Å². The highest BCUT2D eigenvalue weighted by Gasteiger charge is 2.25. The van der Waals surface area contributed by atoms with Crippen molar-refractivity contribution >= 4 is 22.6 Å². The summed E-state index contributed by atoms with van der Waals surface area (Å²) >= 11 is 0. The van der Waals surface area contributed by atoms with Gasteiger partial charge in [-0.1, -0.05) is 31.5 Å². The molecule has 3 aromatic rings. The van der Waals surface area contributed by atoms with Crippen LogP contribution in [-0.4, -0.2) is 39.9 Å². The van der Waals surface area contributed by atoms with Crippen LogP contribution in [0.25, 0.3) is 11.0 Å². The number of aryl methyl sites for hydroxylation is 4. The maximum atomic E-state index is 13.6. The molecule has 0 atom stereocenters. The predicted octanol–water partition coefficient (Wildman–Crippen LogP) is 4.54. The van der Waals surface area contributed by atoms with E-state index in [2.05, 4.69) is 61.6 Å². The zero-order valence-electron chi connectivity index (χ0n) is 20.2. The summed E-state index contributed by atoms with van der Waals surface area (Å²) in [6.45, 7) is 11.0. The third-order valence-electron chi connectivity index (χ3n) is 6.47. The summed E-state index contributed by atoms with van der Waals surface area (Å²) < 4.78 is 7.45. The molecule has 1 aliphatic heterocycles. The molecule has 2 aromatic heterocycles. The molecule has 4 rings (SSSR count). The van der Waals surface area contributed by atoms with Crippen LogP contribution in [0, 0.1) is 13.8 Å². The molecule has 176 valence electrons. The molecule has 1 aliphatic rings. The third-order valence-corrected chi connectivity index (χ3v) is 6.47. The van der Waals surface area contributed by atoms with Gasteiger partial charge in [-0.3, -0.25) is 4.79 Å². The van der Waals surface area contributed by atoms with Gasteiger partial charge in [0, 0.05) is 32.3 Å². The van der Waals surface area contributed by atoms with Crippen LogP contribution in [0.2, 0.25) is 0 Å². The minimum atomic E-state index is -0.0927. The van der Waals surface area contributed by atoms with Gasteiger partial charge in [0.2, 0.25) is 0 Å². The summed E-state index contributed by atoms with van der Waals surface area (Å²) in [7, 11) is 0. The number of anilines is 1. The SMILES string of the molecule is CCCc1nc2c(cnn2CC)c(NC2CCOCC2)c1C(=O)NCc1ccc(C)c(C)c1. The molecule has 0 radical (unpaired) electrons. The number of carbonyl (C=O) groups is 1. The maximum absolute atomic E-state index is 13.6. The van der Waals surface area contributed by atoms with E-state index in [0.29, 0.717) is 12.1 Å². The summed E-state index contributed by atoms with van der Waals surface area (Å²) in [6.07, 6.45) is 5.31. The summed E-state index contributed by atoms with van der Waals surface area (Å²) in [6, 6.07) is 6.57. The van der Waals surface area contributed by atoms with E-state index in [1.54, 1.807) is 0 Å². The molecule has 3 heterocycles. The minimum Gasteiger partial charge on any atom is -0.381 e. The molecule has 1 aromatic carbocycles. The average Bonchev–Trinajstić information content (AvgIpc) is 3.23. The van der Waals surface area contributed by atoms with Gasteiger partial charge in [-0.15, -0.1) is 0 Å². The maximum Gasteiger partial charge on any atom is 0.255 e. The van der Waals surface area contributed by atoms with Crippen molar-refractivity contribution in [2.24, 2.45) is 0 Å². The van der Waals surface area contributed by atoms with Gasteiger partial charge in [0.1, 0.15) is 0 Å². The lowest BCUT2D eigenvalue weighted by Gasteiger charge is -2.26. The summed E-state index contributed by atoms with van der Waals surface area (Å²) in [4.78, 5) is 18.5. The smallest absolute Gasteiger partial charge is 0.255 e. The van der Waals surface area contributed by atoms with Crippen molar-refractivity contribution in [1.29, 1.82) is 0 Å². The first-order chi connectivity index (χ1) is 16.0. The average molecular weight is 450 g/mol. The number of aromatic nitrogens is 3. The van der Waals surface area contributed by atoms with Gasteiger partial charge >= 0.3 is 0 Å². The Morgan fingerprint density at radius 1 is 1.18 bits per heavy atom. The van der Waals surface area contributed by atoms with Crippen molar-refractivity contribution in [2.45, 2.75) is 72.5 Å². The Bertz CT molecular complexity index is 1130. The Balaban J connectivity index is 1.72. The third kappa shape index (κ3) is 5.03. The number of nitrogens with one attached hydrogen (secondary N) is 2. The lowest BCUT2D eigenvalue weighted by atomic mass is 10.0. The van der Waals surface area contributed by atoms with Gasteiger partial charge in [-0.2, -0.15) is 5.10 Å². The zero-order valence-corrected chi connectivity index (χ0v) is 20.2. The largest absolute Gasteiger partial charge is 0.381 e. The number of pyridine rings is 1. The number of ether oxygens (including phenoxy) is 1. The topological polar surface area (TPSA) is 81.1 Å². The number of amides is 1. The van der Waals surface area contributed by atoms with E-state index in [1.807, 2.05) is 10.9 Å². The molecule has 33 heavy (non-hydrogen) atoms. The Hall–Kier alpha value is -2.93. The van der Waals surface area contributed by atoms with Crippen LogP contribution < -0.4 is 10.6 Å². The predicted molar refractivity (Wildman–Crippen MR) is 132 cm³/mol. The molecule has 2 N–H and O–H groups in total. The van der Waals surface area contributed by atoms with E-state index in [0.717, 1.165) is 73.4 Å². The fraction of sp³-hybridized carbons (Fsp3) is 0.500. The molecule has 0 aliphatic carbocycles. The monoisotopic (exact) mass is 449 g/mol. The first-order valence-electron chi connectivity index (χ1n) is 12.1. The van der Waals surface area contributed by atoms with Crippen molar-refractivity contribution in [1.82, 2.24) is 20.1 Å². The first kappa shape index (κ1) is 23.2. The number of fused-ring (bicyclic) bond motifs is 1. The van der Waals surface area contributed by atoms with Crippen LogP contribution >= 0.6 is 0 Å². The summed E-state index contributed by atoms with van der Waals surface area (Å²) in [5.41, 5.74) is 6.73. The minimum absolute atomic E-state index is 0.0927.